The van der Waals surface area contributed by atoms with E-state index in [0.717, 1.165) is 38.2 Å². The van der Waals surface area contributed by atoms with Crippen LogP contribution in [0.2, 0.25) is 0 Å². The smallest absolute Gasteiger partial charge is 0.245 e. The zero-order chi connectivity index (χ0) is 13.0. The third kappa shape index (κ3) is 2.72. The number of nitrogens with one attached hydrogen (secondary N) is 1. The first kappa shape index (κ1) is 13.1. The van der Waals surface area contributed by atoms with E-state index in [-0.39, 0.29) is 11.9 Å². The number of hydrogen-bond donors (Lipinski definition) is 1. The largest absolute Gasteiger partial charge is 0.341 e. The first-order chi connectivity index (χ1) is 8.74. The fraction of sp³-hybridized carbons (Fsp3) is 0.692. The Hall–Kier alpha value is -1.36. The van der Waals surface area contributed by atoms with Gasteiger partial charge >= 0.3 is 0 Å². The molecule has 100 valence electrons. The first-order valence-corrected chi connectivity index (χ1v) is 6.68. The van der Waals surface area contributed by atoms with E-state index in [9.17, 15) is 4.79 Å². The van der Waals surface area contributed by atoms with Crippen molar-refractivity contribution in [1.82, 2.24) is 19.8 Å². The second kappa shape index (κ2) is 6.00. The zero-order valence-corrected chi connectivity index (χ0v) is 11.2. The lowest BCUT2D eigenvalue weighted by molar-refractivity contribution is -0.135. The Morgan fingerprint density at radius 2 is 2.17 bits per heavy atom. The van der Waals surface area contributed by atoms with Crippen molar-refractivity contribution in [2.75, 3.05) is 20.1 Å². The molecular weight excluding hydrogens is 228 g/mol. The minimum Gasteiger partial charge on any atom is -0.341 e. The summed E-state index contributed by atoms with van der Waals surface area (Å²) >= 11 is 0. The van der Waals surface area contributed by atoms with Crippen LogP contribution < -0.4 is 5.32 Å². The SMILES string of the molecule is CNCc1cncn1C(C)C(=O)N1CCCCC1. The van der Waals surface area contributed by atoms with Gasteiger partial charge in [-0.25, -0.2) is 4.98 Å². The minimum absolute atomic E-state index is 0.158. The molecule has 1 saturated heterocycles. The van der Waals surface area contributed by atoms with Gasteiger partial charge in [0.2, 0.25) is 5.91 Å². The number of hydrogen-bond acceptors (Lipinski definition) is 3. The Morgan fingerprint density at radius 3 is 2.83 bits per heavy atom. The van der Waals surface area contributed by atoms with E-state index in [0.29, 0.717) is 0 Å². The molecule has 1 amide bonds. The normalized spacial score (nSPS) is 17.8. The van der Waals surface area contributed by atoms with Crippen molar-refractivity contribution in [2.45, 2.75) is 38.8 Å². The van der Waals surface area contributed by atoms with Gasteiger partial charge in [-0.3, -0.25) is 4.79 Å². The highest BCUT2D eigenvalue weighted by Gasteiger charge is 2.24. The van der Waals surface area contributed by atoms with E-state index < -0.39 is 0 Å². The summed E-state index contributed by atoms with van der Waals surface area (Å²) in [6, 6.07) is -0.158. The lowest BCUT2D eigenvalue weighted by Gasteiger charge is -2.30. The van der Waals surface area contributed by atoms with Crippen LogP contribution in [0.25, 0.3) is 0 Å². The molecule has 0 bridgehead atoms. The Balaban J connectivity index is 2.07. The quantitative estimate of drug-likeness (QED) is 0.873. The fourth-order valence-electron chi connectivity index (χ4n) is 2.50. The molecule has 0 aliphatic carbocycles. The Kier molecular flexibility index (Phi) is 4.36. The minimum atomic E-state index is -0.158. The number of imidazole rings is 1. The number of nitrogens with zero attached hydrogens (tertiary/aromatic N) is 3. The summed E-state index contributed by atoms with van der Waals surface area (Å²) in [5.41, 5.74) is 1.05. The molecular formula is C13H22N4O. The van der Waals surface area contributed by atoms with Gasteiger partial charge in [-0.15, -0.1) is 0 Å². The number of carbonyl (C=O) groups excluding carboxylic acids is 1. The summed E-state index contributed by atoms with van der Waals surface area (Å²) in [5, 5.41) is 3.10. The predicted molar refractivity (Wildman–Crippen MR) is 70.1 cm³/mol. The molecule has 2 heterocycles. The average molecular weight is 250 g/mol. The molecule has 0 spiro atoms. The van der Waals surface area contributed by atoms with Gasteiger partial charge in [0.1, 0.15) is 6.04 Å². The van der Waals surface area contributed by atoms with Crippen LogP contribution in [0.5, 0.6) is 0 Å². The molecule has 1 atom stereocenters. The fourth-order valence-corrected chi connectivity index (χ4v) is 2.50. The van der Waals surface area contributed by atoms with Crippen LogP contribution >= 0.6 is 0 Å². The number of likely N-dealkylation sites (tertiary alicyclic amines) is 1. The number of rotatable bonds is 4. The third-order valence-electron chi connectivity index (χ3n) is 3.55. The van der Waals surface area contributed by atoms with Crippen LogP contribution in [-0.2, 0) is 11.3 Å². The molecule has 1 unspecified atom stereocenters. The number of aromatic nitrogens is 2. The van der Waals surface area contributed by atoms with Crippen molar-refractivity contribution in [3.05, 3.63) is 18.2 Å². The molecule has 1 aliphatic heterocycles. The van der Waals surface area contributed by atoms with Gasteiger partial charge in [0.05, 0.1) is 12.0 Å². The lowest BCUT2D eigenvalue weighted by atomic mass is 10.1. The molecule has 1 fully saturated rings. The Labute approximate surface area is 108 Å². The van der Waals surface area contributed by atoms with E-state index in [1.54, 1.807) is 6.33 Å². The van der Waals surface area contributed by atoms with E-state index in [1.165, 1.54) is 6.42 Å². The van der Waals surface area contributed by atoms with Crippen LogP contribution in [-0.4, -0.2) is 40.5 Å². The molecule has 2 rings (SSSR count). The highest BCUT2D eigenvalue weighted by Crippen LogP contribution is 2.17. The van der Waals surface area contributed by atoms with E-state index >= 15 is 0 Å². The lowest BCUT2D eigenvalue weighted by Crippen LogP contribution is -2.40. The van der Waals surface area contributed by atoms with Gasteiger partial charge in [-0.05, 0) is 33.2 Å². The number of carbonyl (C=O) groups is 1. The van der Waals surface area contributed by atoms with Gasteiger partial charge in [0.25, 0.3) is 0 Å². The van der Waals surface area contributed by atoms with Gasteiger partial charge < -0.3 is 14.8 Å². The van der Waals surface area contributed by atoms with Crippen LogP contribution in [0.3, 0.4) is 0 Å². The summed E-state index contributed by atoms with van der Waals surface area (Å²) in [4.78, 5) is 18.5. The Bertz CT molecular complexity index is 395. The van der Waals surface area contributed by atoms with Gasteiger partial charge in [0, 0.05) is 25.8 Å². The van der Waals surface area contributed by atoms with Crippen LogP contribution in [0.15, 0.2) is 12.5 Å². The number of piperidine rings is 1. The molecule has 1 aromatic rings. The second-order valence-electron chi connectivity index (χ2n) is 4.88. The molecule has 0 radical (unpaired) electrons. The van der Waals surface area contributed by atoms with E-state index in [4.69, 9.17) is 0 Å². The number of amides is 1. The highest BCUT2D eigenvalue weighted by atomic mass is 16.2. The van der Waals surface area contributed by atoms with Gasteiger partial charge in [-0.1, -0.05) is 0 Å². The van der Waals surface area contributed by atoms with Crippen molar-refractivity contribution in [3.8, 4) is 0 Å². The Morgan fingerprint density at radius 1 is 1.44 bits per heavy atom. The van der Waals surface area contributed by atoms with Crippen LogP contribution in [0.1, 0.15) is 37.9 Å². The molecule has 1 aliphatic rings. The van der Waals surface area contributed by atoms with E-state index in [1.807, 2.05) is 29.6 Å². The molecule has 5 nitrogen and oxygen atoms in total. The maximum Gasteiger partial charge on any atom is 0.245 e. The van der Waals surface area contributed by atoms with Gasteiger partial charge in [0.15, 0.2) is 0 Å². The van der Waals surface area contributed by atoms with Crippen LogP contribution in [0, 0.1) is 0 Å². The second-order valence-corrected chi connectivity index (χ2v) is 4.88. The summed E-state index contributed by atoms with van der Waals surface area (Å²) in [7, 11) is 1.90. The first-order valence-electron chi connectivity index (χ1n) is 6.68. The average Bonchev–Trinajstić information content (AvgIpc) is 2.87. The third-order valence-corrected chi connectivity index (χ3v) is 3.55. The summed E-state index contributed by atoms with van der Waals surface area (Å²) in [6.45, 7) is 4.49. The van der Waals surface area contributed by atoms with Crippen LogP contribution in [0.4, 0.5) is 0 Å². The summed E-state index contributed by atoms with van der Waals surface area (Å²) in [5.74, 6) is 0.213. The molecule has 1 N–H and O–H groups in total. The molecule has 5 heteroatoms. The maximum atomic E-state index is 12.4. The molecule has 18 heavy (non-hydrogen) atoms. The maximum absolute atomic E-state index is 12.4. The van der Waals surface area contributed by atoms with Crippen molar-refractivity contribution in [3.63, 3.8) is 0 Å². The van der Waals surface area contributed by atoms with Crippen molar-refractivity contribution >= 4 is 5.91 Å². The van der Waals surface area contributed by atoms with Gasteiger partial charge in [-0.2, -0.15) is 0 Å². The van der Waals surface area contributed by atoms with Crippen molar-refractivity contribution < 1.29 is 4.79 Å². The highest BCUT2D eigenvalue weighted by molar-refractivity contribution is 5.80. The van der Waals surface area contributed by atoms with E-state index in [2.05, 4.69) is 10.3 Å². The standard InChI is InChI=1S/C13H22N4O/c1-11(13(18)16-6-4-3-5-7-16)17-10-15-9-12(17)8-14-2/h9-11,14H,3-8H2,1-2H3. The topological polar surface area (TPSA) is 50.2 Å². The monoisotopic (exact) mass is 250 g/mol. The van der Waals surface area contributed by atoms with Crippen molar-refractivity contribution in [2.24, 2.45) is 0 Å². The van der Waals surface area contributed by atoms with Crippen molar-refractivity contribution in [1.29, 1.82) is 0 Å². The summed E-state index contributed by atoms with van der Waals surface area (Å²) < 4.78 is 1.97. The summed E-state index contributed by atoms with van der Waals surface area (Å²) in [6.07, 6.45) is 7.07. The molecule has 1 aromatic heterocycles. The predicted octanol–water partition coefficient (Wildman–Crippen LogP) is 1.18. The molecule has 0 aromatic carbocycles. The molecule has 0 saturated carbocycles. The zero-order valence-electron chi connectivity index (χ0n) is 11.2.